The molecule has 1 saturated heterocycles. The molecule has 2 unspecified atom stereocenters. The molecule has 4 rings (SSSR count). The lowest BCUT2D eigenvalue weighted by Gasteiger charge is -2.31. The molecule has 4 heteroatoms. The zero-order chi connectivity index (χ0) is 17.8. The zero-order valence-corrected chi connectivity index (χ0v) is 15.3. The van der Waals surface area contributed by atoms with Crippen LogP contribution in [0.2, 0.25) is 0 Å². The normalized spacial score (nSPS) is 18.6. The van der Waals surface area contributed by atoms with Crippen LogP contribution < -0.4 is 10.6 Å². The van der Waals surface area contributed by atoms with E-state index in [1.807, 2.05) is 24.3 Å². The number of nitrogens with zero attached hydrogens (tertiary/aromatic N) is 2. The van der Waals surface area contributed by atoms with Gasteiger partial charge in [0.1, 0.15) is 5.82 Å². The lowest BCUT2D eigenvalue weighted by molar-refractivity contribution is 0.330. The van der Waals surface area contributed by atoms with E-state index in [1.165, 1.54) is 12.8 Å². The van der Waals surface area contributed by atoms with E-state index in [2.05, 4.69) is 47.9 Å². The van der Waals surface area contributed by atoms with Crippen LogP contribution in [0, 0.1) is 5.92 Å². The van der Waals surface area contributed by atoms with Gasteiger partial charge in [0.05, 0.1) is 5.52 Å². The summed E-state index contributed by atoms with van der Waals surface area (Å²) in [6.07, 6.45) is 3.61. The summed E-state index contributed by atoms with van der Waals surface area (Å²) >= 11 is 0. The Hall–Kier alpha value is -2.46. The molecule has 26 heavy (non-hydrogen) atoms. The molecule has 0 bridgehead atoms. The molecule has 0 aliphatic carbocycles. The highest BCUT2D eigenvalue weighted by Crippen LogP contribution is 2.27. The van der Waals surface area contributed by atoms with Crippen molar-refractivity contribution >= 4 is 16.7 Å². The van der Waals surface area contributed by atoms with E-state index in [0.717, 1.165) is 47.6 Å². The monoisotopic (exact) mass is 346 g/mol. The third kappa shape index (κ3) is 3.56. The standard InChI is InChI=1S/C22H26N4/c1-2-19(17-11-8-14-23-15-17)24-22-18-12-6-7-13-20(18)25-21(26-22)16-9-4-3-5-10-16/h3-7,9-10,12-13,17,19,23H,2,8,11,14-15H2,1H3,(H,24,25,26). The number of aromatic nitrogens is 2. The maximum atomic E-state index is 4.91. The average Bonchev–Trinajstić information content (AvgIpc) is 2.73. The Balaban J connectivity index is 1.72. The van der Waals surface area contributed by atoms with Crippen molar-refractivity contribution in [3.05, 3.63) is 54.6 Å². The fraction of sp³-hybridized carbons (Fsp3) is 0.364. The van der Waals surface area contributed by atoms with Crippen LogP contribution >= 0.6 is 0 Å². The summed E-state index contributed by atoms with van der Waals surface area (Å²) in [4.78, 5) is 9.70. The SMILES string of the molecule is CCC(Nc1nc(-c2ccccc2)nc2ccccc12)C1CCCNC1. The van der Waals surface area contributed by atoms with Crippen molar-refractivity contribution in [3.63, 3.8) is 0 Å². The van der Waals surface area contributed by atoms with Gasteiger partial charge >= 0.3 is 0 Å². The van der Waals surface area contributed by atoms with Gasteiger partial charge in [0, 0.05) is 17.0 Å². The van der Waals surface area contributed by atoms with Gasteiger partial charge in [-0.1, -0.05) is 49.4 Å². The number of fused-ring (bicyclic) bond motifs is 1. The zero-order valence-electron chi connectivity index (χ0n) is 15.3. The Morgan fingerprint density at radius 2 is 1.88 bits per heavy atom. The molecule has 1 aromatic heterocycles. The smallest absolute Gasteiger partial charge is 0.162 e. The van der Waals surface area contributed by atoms with Gasteiger partial charge in [0.2, 0.25) is 0 Å². The third-order valence-corrected chi connectivity index (χ3v) is 5.30. The van der Waals surface area contributed by atoms with E-state index in [4.69, 9.17) is 9.97 Å². The van der Waals surface area contributed by atoms with Crippen molar-refractivity contribution in [1.29, 1.82) is 0 Å². The Labute approximate surface area is 155 Å². The van der Waals surface area contributed by atoms with Crippen LogP contribution in [0.4, 0.5) is 5.82 Å². The number of para-hydroxylation sites is 1. The molecular weight excluding hydrogens is 320 g/mol. The van der Waals surface area contributed by atoms with Crippen molar-refractivity contribution in [2.75, 3.05) is 18.4 Å². The van der Waals surface area contributed by atoms with Crippen LogP contribution in [0.1, 0.15) is 26.2 Å². The van der Waals surface area contributed by atoms with E-state index in [0.29, 0.717) is 12.0 Å². The summed E-state index contributed by atoms with van der Waals surface area (Å²) in [5.74, 6) is 2.37. The van der Waals surface area contributed by atoms with Crippen LogP contribution in [0.5, 0.6) is 0 Å². The van der Waals surface area contributed by atoms with Crippen LogP contribution in [0.25, 0.3) is 22.3 Å². The predicted molar refractivity (Wildman–Crippen MR) is 108 cm³/mol. The van der Waals surface area contributed by atoms with Crippen molar-refractivity contribution in [2.45, 2.75) is 32.2 Å². The first-order valence-corrected chi connectivity index (χ1v) is 9.64. The summed E-state index contributed by atoms with van der Waals surface area (Å²) in [5, 5.41) is 8.39. The number of benzene rings is 2. The van der Waals surface area contributed by atoms with Gasteiger partial charge in [-0.15, -0.1) is 0 Å². The molecule has 2 aromatic carbocycles. The molecule has 2 N–H and O–H groups in total. The lowest BCUT2D eigenvalue weighted by Crippen LogP contribution is -2.40. The summed E-state index contributed by atoms with van der Waals surface area (Å²) < 4.78 is 0. The Morgan fingerprint density at radius 1 is 1.08 bits per heavy atom. The largest absolute Gasteiger partial charge is 0.366 e. The third-order valence-electron chi connectivity index (χ3n) is 5.30. The second-order valence-corrected chi connectivity index (χ2v) is 7.04. The molecule has 2 atom stereocenters. The second-order valence-electron chi connectivity index (χ2n) is 7.04. The van der Waals surface area contributed by atoms with Crippen LogP contribution in [0.15, 0.2) is 54.6 Å². The van der Waals surface area contributed by atoms with E-state index < -0.39 is 0 Å². The summed E-state index contributed by atoms with van der Waals surface area (Å²) in [6, 6.07) is 18.9. The van der Waals surface area contributed by atoms with Crippen molar-refractivity contribution in [1.82, 2.24) is 15.3 Å². The lowest BCUT2D eigenvalue weighted by atomic mass is 9.90. The molecule has 1 aliphatic heterocycles. The first-order chi connectivity index (χ1) is 12.8. The first kappa shape index (κ1) is 17.0. The highest BCUT2D eigenvalue weighted by atomic mass is 15.1. The minimum absolute atomic E-state index is 0.421. The fourth-order valence-electron chi connectivity index (χ4n) is 3.85. The fourth-order valence-corrected chi connectivity index (χ4v) is 3.85. The van der Waals surface area contributed by atoms with Gasteiger partial charge in [-0.05, 0) is 50.4 Å². The number of hydrogen-bond donors (Lipinski definition) is 2. The van der Waals surface area contributed by atoms with Crippen LogP contribution in [0.3, 0.4) is 0 Å². The number of hydrogen-bond acceptors (Lipinski definition) is 4. The molecule has 3 aromatic rings. The highest BCUT2D eigenvalue weighted by molar-refractivity contribution is 5.90. The molecule has 1 aliphatic rings. The van der Waals surface area contributed by atoms with E-state index in [-0.39, 0.29) is 0 Å². The van der Waals surface area contributed by atoms with Crippen LogP contribution in [-0.2, 0) is 0 Å². The number of piperidine rings is 1. The Bertz CT molecular complexity index is 856. The summed E-state index contributed by atoms with van der Waals surface area (Å²) in [7, 11) is 0. The maximum Gasteiger partial charge on any atom is 0.162 e. The molecule has 0 amide bonds. The van der Waals surface area contributed by atoms with Crippen molar-refractivity contribution < 1.29 is 0 Å². The van der Waals surface area contributed by atoms with Gasteiger partial charge in [-0.3, -0.25) is 0 Å². The predicted octanol–water partition coefficient (Wildman–Crippen LogP) is 4.49. The van der Waals surface area contributed by atoms with E-state index >= 15 is 0 Å². The van der Waals surface area contributed by atoms with Gasteiger partial charge in [0.15, 0.2) is 5.82 Å². The average molecular weight is 346 g/mol. The quantitative estimate of drug-likeness (QED) is 0.715. The molecular formula is C22H26N4. The van der Waals surface area contributed by atoms with Crippen LogP contribution in [-0.4, -0.2) is 29.1 Å². The second kappa shape index (κ2) is 7.83. The maximum absolute atomic E-state index is 4.91. The van der Waals surface area contributed by atoms with Crippen molar-refractivity contribution in [2.24, 2.45) is 5.92 Å². The Morgan fingerprint density at radius 3 is 2.65 bits per heavy atom. The highest BCUT2D eigenvalue weighted by Gasteiger charge is 2.23. The van der Waals surface area contributed by atoms with Gasteiger partial charge in [-0.2, -0.15) is 0 Å². The minimum Gasteiger partial charge on any atom is -0.366 e. The van der Waals surface area contributed by atoms with E-state index in [9.17, 15) is 0 Å². The first-order valence-electron chi connectivity index (χ1n) is 9.64. The summed E-state index contributed by atoms with van der Waals surface area (Å²) in [6.45, 7) is 4.48. The minimum atomic E-state index is 0.421. The molecule has 1 fully saturated rings. The number of rotatable bonds is 5. The van der Waals surface area contributed by atoms with Gasteiger partial charge in [0.25, 0.3) is 0 Å². The molecule has 0 spiro atoms. The molecule has 134 valence electrons. The topological polar surface area (TPSA) is 49.8 Å². The Kier molecular flexibility index (Phi) is 5.12. The molecule has 0 saturated carbocycles. The molecule has 4 nitrogen and oxygen atoms in total. The van der Waals surface area contributed by atoms with Gasteiger partial charge < -0.3 is 10.6 Å². The number of nitrogens with one attached hydrogen (secondary N) is 2. The number of anilines is 1. The van der Waals surface area contributed by atoms with E-state index in [1.54, 1.807) is 0 Å². The van der Waals surface area contributed by atoms with Crippen molar-refractivity contribution in [3.8, 4) is 11.4 Å². The molecule has 2 heterocycles. The molecule has 0 radical (unpaired) electrons. The summed E-state index contributed by atoms with van der Waals surface area (Å²) in [5.41, 5.74) is 2.04. The van der Waals surface area contributed by atoms with Gasteiger partial charge in [-0.25, -0.2) is 9.97 Å².